The molecule has 36 heavy (non-hydrogen) atoms. The van der Waals surface area contributed by atoms with E-state index in [0.717, 1.165) is 12.1 Å². The predicted octanol–water partition coefficient (Wildman–Crippen LogP) is 4.78. The number of hydrogen-bond donors (Lipinski definition) is 0. The molecular weight excluding hydrogens is 474 g/mol. The Balaban J connectivity index is 1.61. The second kappa shape index (κ2) is 8.92. The SMILES string of the molecule is C=C(F)C(=O)N1CC(n2nc(-c3ccc(C(F)(F)F)cc3)c3nccc(C#Cc4ccccn4)c32)C1. The van der Waals surface area contributed by atoms with Crippen molar-refractivity contribution in [1.82, 2.24) is 24.6 Å². The van der Waals surface area contributed by atoms with Crippen molar-refractivity contribution in [1.29, 1.82) is 0 Å². The van der Waals surface area contributed by atoms with Crippen molar-refractivity contribution >= 4 is 16.9 Å². The summed E-state index contributed by atoms with van der Waals surface area (Å²) in [6, 6.07) is 11.4. The largest absolute Gasteiger partial charge is 0.416 e. The lowest BCUT2D eigenvalue weighted by atomic mass is 10.1. The summed E-state index contributed by atoms with van der Waals surface area (Å²) < 4.78 is 54.1. The van der Waals surface area contributed by atoms with Gasteiger partial charge in [-0.2, -0.15) is 18.3 Å². The Morgan fingerprint density at radius 1 is 1.00 bits per heavy atom. The Morgan fingerprint density at radius 2 is 1.75 bits per heavy atom. The van der Waals surface area contributed by atoms with Crippen LogP contribution in [0.25, 0.3) is 22.3 Å². The maximum absolute atomic E-state index is 13.3. The lowest BCUT2D eigenvalue weighted by Gasteiger charge is -2.39. The number of nitrogens with zero attached hydrogens (tertiary/aromatic N) is 5. The van der Waals surface area contributed by atoms with Crippen LogP contribution in [0.15, 0.2) is 73.3 Å². The number of hydrogen-bond acceptors (Lipinski definition) is 4. The fraction of sp³-hybridized carbons (Fsp3) is 0.154. The van der Waals surface area contributed by atoms with Crippen molar-refractivity contribution in [3.8, 4) is 23.1 Å². The van der Waals surface area contributed by atoms with Gasteiger partial charge >= 0.3 is 6.18 Å². The molecule has 0 unspecified atom stereocenters. The quantitative estimate of drug-likeness (QED) is 0.235. The van der Waals surface area contributed by atoms with Crippen LogP contribution in [0.5, 0.6) is 0 Å². The van der Waals surface area contributed by atoms with Crippen LogP contribution in [0.1, 0.15) is 22.9 Å². The number of halogens is 4. The van der Waals surface area contributed by atoms with Crippen LogP contribution in [0.3, 0.4) is 0 Å². The molecule has 0 spiro atoms. The average molecular weight is 491 g/mol. The minimum Gasteiger partial charge on any atom is -0.332 e. The molecule has 0 bridgehead atoms. The molecule has 1 aliphatic heterocycles. The fourth-order valence-electron chi connectivity index (χ4n) is 3.96. The predicted molar refractivity (Wildman–Crippen MR) is 124 cm³/mol. The number of fused-ring (bicyclic) bond motifs is 1. The summed E-state index contributed by atoms with van der Waals surface area (Å²) in [6.45, 7) is 3.42. The first kappa shape index (κ1) is 23.2. The van der Waals surface area contributed by atoms with E-state index in [0.29, 0.717) is 33.5 Å². The first-order valence-corrected chi connectivity index (χ1v) is 10.8. The number of pyridine rings is 2. The molecule has 10 heteroatoms. The van der Waals surface area contributed by atoms with Gasteiger partial charge in [-0.05, 0) is 36.3 Å². The summed E-state index contributed by atoms with van der Waals surface area (Å²) in [5, 5.41) is 4.66. The third kappa shape index (κ3) is 4.31. The molecule has 0 saturated carbocycles. The van der Waals surface area contributed by atoms with Gasteiger partial charge in [0.25, 0.3) is 5.91 Å². The number of rotatable bonds is 3. The summed E-state index contributed by atoms with van der Waals surface area (Å²) in [6.07, 6.45) is -1.29. The van der Waals surface area contributed by atoms with E-state index in [1.807, 2.05) is 6.07 Å². The van der Waals surface area contributed by atoms with Gasteiger partial charge < -0.3 is 4.90 Å². The summed E-state index contributed by atoms with van der Waals surface area (Å²) in [5.41, 5.74) is 2.19. The second-order valence-electron chi connectivity index (χ2n) is 8.16. The summed E-state index contributed by atoms with van der Waals surface area (Å²) in [5.74, 6) is 4.23. The lowest BCUT2D eigenvalue weighted by Crippen LogP contribution is -2.51. The van der Waals surface area contributed by atoms with E-state index in [1.54, 1.807) is 35.3 Å². The van der Waals surface area contributed by atoms with E-state index in [1.165, 1.54) is 17.0 Å². The Labute approximate surface area is 202 Å². The van der Waals surface area contributed by atoms with E-state index in [2.05, 4.69) is 33.5 Å². The highest BCUT2D eigenvalue weighted by Crippen LogP contribution is 2.35. The molecule has 1 amide bonds. The van der Waals surface area contributed by atoms with Gasteiger partial charge in [-0.1, -0.05) is 30.7 Å². The number of likely N-dealkylation sites (tertiary alicyclic amines) is 1. The summed E-state index contributed by atoms with van der Waals surface area (Å²) >= 11 is 0. The maximum Gasteiger partial charge on any atom is 0.416 e. The molecule has 0 N–H and O–H groups in total. The molecule has 4 aromatic rings. The van der Waals surface area contributed by atoms with Crippen LogP contribution in [0.4, 0.5) is 17.6 Å². The normalized spacial score (nSPS) is 13.7. The van der Waals surface area contributed by atoms with Crippen LogP contribution in [-0.4, -0.2) is 43.6 Å². The molecular formula is C26H17F4N5O. The van der Waals surface area contributed by atoms with Gasteiger partial charge in [0.1, 0.15) is 22.4 Å². The average Bonchev–Trinajstić information content (AvgIpc) is 3.22. The fourth-order valence-corrected chi connectivity index (χ4v) is 3.96. The molecule has 0 aliphatic carbocycles. The number of alkyl halides is 3. The van der Waals surface area contributed by atoms with Crippen molar-refractivity contribution in [3.05, 3.63) is 90.2 Å². The zero-order valence-corrected chi connectivity index (χ0v) is 18.6. The molecule has 1 aromatic carbocycles. The number of carbonyl (C=O) groups is 1. The second-order valence-corrected chi connectivity index (χ2v) is 8.16. The minimum absolute atomic E-state index is 0.188. The molecule has 0 atom stereocenters. The smallest absolute Gasteiger partial charge is 0.332 e. The Kier molecular flexibility index (Phi) is 5.76. The monoisotopic (exact) mass is 491 g/mol. The number of aromatic nitrogens is 4. The molecule has 4 heterocycles. The van der Waals surface area contributed by atoms with E-state index in [-0.39, 0.29) is 19.1 Å². The van der Waals surface area contributed by atoms with Gasteiger partial charge in [0.2, 0.25) is 0 Å². The van der Waals surface area contributed by atoms with Crippen molar-refractivity contribution in [2.45, 2.75) is 12.2 Å². The zero-order valence-electron chi connectivity index (χ0n) is 18.6. The molecule has 3 aromatic heterocycles. The van der Waals surface area contributed by atoms with E-state index in [4.69, 9.17) is 0 Å². The van der Waals surface area contributed by atoms with Crippen LogP contribution < -0.4 is 0 Å². The van der Waals surface area contributed by atoms with Gasteiger partial charge in [0, 0.05) is 31.0 Å². The number of amides is 1. The van der Waals surface area contributed by atoms with Gasteiger partial charge in [-0.25, -0.2) is 9.37 Å². The molecule has 0 radical (unpaired) electrons. The highest BCUT2D eigenvalue weighted by Gasteiger charge is 2.36. The van der Waals surface area contributed by atoms with Gasteiger partial charge in [0.15, 0.2) is 5.83 Å². The van der Waals surface area contributed by atoms with Crippen molar-refractivity contribution in [3.63, 3.8) is 0 Å². The summed E-state index contributed by atoms with van der Waals surface area (Å²) in [4.78, 5) is 21.9. The molecule has 180 valence electrons. The molecule has 6 nitrogen and oxygen atoms in total. The highest BCUT2D eigenvalue weighted by atomic mass is 19.4. The highest BCUT2D eigenvalue weighted by molar-refractivity contribution is 5.94. The molecule has 1 aliphatic rings. The molecule has 1 fully saturated rings. The van der Waals surface area contributed by atoms with E-state index in [9.17, 15) is 22.4 Å². The maximum atomic E-state index is 13.3. The molecule has 5 rings (SSSR count). The van der Waals surface area contributed by atoms with E-state index >= 15 is 0 Å². The third-order valence-electron chi connectivity index (χ3n) is 5.79. The van der Waals surface area contributed by atoms with Crippen molar-refractivity contribution in [2.75, 3.05) is 13.1 Å². The van der Waals surface area contributed by atoms with Crippen LogP contribution in [0.2, 0.25) is 0 Å². The number of benzene rings is 1. The Hall–Kier alpha value is -4.52. The van der Waals surface area contributed by atoms with Gasteiger partial charge in [-0.3, -0.25) is 14.5 Å². The zero-order chi connectivity index (χ0) is 25.4. The topological polar surface area (TPSA) is 63.9 Å². The van der Waals surface area contributed by atoms with E-state index < -0.39 is 23.5 Å². The summed E-state index contributed by atoms with van der Waals surface area (Å²) in [7, 11) is 0. The number of carbonyl (C=O) groups excluding carboxylic acids is 1. The standard InChI is InChI=1S/C26H17F4N5O/c1-16(27)25(36)34-14-21(15-34)35-24-18(7-10-20-4-2-3-12-31-20)11-13-32-23(24)22(33-35)17-5-8-19(9-6-17)26(28,29)30/h2-6,8-9,11-13,21H,1,14-15H2. The Bertz CT molecular complexity index is 1530. The van der Waals surface area contributed by atoms with Gasteiger partial charge in [0.05, 0.1) is 17.2 Å². The lowest BCUT2D eigenvalue weighted by molar-refractivity contribution is -0.137. The van der Waals surface area contributed by atoms with Crippen LogP contribution >= 0.6 is 0 Å². The van der Waals surface area contributed by atoms with Gasteiger partial charge in [-0.15, -0.1) is 0 Å². The van der Waals surface area contributed by atoms with Crippen molar-refractivity contribution in [2.24, 2.45) is 0 Å². The first-order chi connectivity index (χ1) is 17.2. The van der Waals surface area contributed by atoms with Crippen LogP contribution in [-0.2, 0) is 11.0 Å². The third-order valence-corrected chi connectivity index (χ3v) is 5.79. The van der Waals surface area contributed by atoms with Crippen molar-refractivity contribution < 1.29 is 22.4 Å². The van der Waals surface area contributed by atoms with Crippen LogP contribution in [0, 0.1) is 11.8 Å². The molecule has 1 saturated heterocycles. The first-order valence-electron chi connectivity index (χ1n) is 10.8. The minimum atomic E-state index is -4.46. The Morgan fingerprint density at radius 3 is 2.39 bits per heavy atom.